The zero-order valence-corrected chi connectivity index (χ0v) is 14.7. The molecule has 2 rings (SSSR count). The Morgan fingerprint density at radius 1 is 1.26 bits per heavy atom. The summed E-state index contributed by atoms with van der Waals surface area (Å²) < 4.78 is 25.6. The second-order valence-corrected chi connectivity index (χ2v) is 8.22. The molecule has 0 saturated carbocycles. The van der Waals surface area contributed by atoms with E-state index in [0.29, 0.717) is 38.9 Å². The maximum absolute atomic E-state index is 12.3. The van der Waals surface area contributed by atoms with Crippen LogP contribution in [0.3, 0.4) is 0 Å². The van der Waals surface area contributed by atoms with Crippen LogP contribution in [0.5, 0.6) is 0 Å². The van der Waals surface area contributed by atoms with Crippen molar-refractivity contribution < 1.29 is 13.2 Å². The van der Waals surface area contributed by atoms with Crippen molar-refractivity contribution in [3.8, 4) is 0 Å². The third-order valence-corrected chi connectivity index (χ3v) is 6.47. The van der Waals surface area contributed by atoms with Crippen molar-refractivity contribution in [2.75, 3.05) is 18.8 Å². The van der Waals surface area contributed by atoms with Crippen LogP contribution >= 0.6 is 0 Å². The first-order valence-corrected chi connectivity index (χ1v) is 9.85. The van der Waals surface area contributed by atoms with Crippen LogP contribution in [-0.2, 0) is 21.4 Å². The van der Waals surface area contributed by atoms with Crippen LogP contribution in [0.25, 0.3) is 0 Å². The average molecular weight is 338 g/mol. The number of carbonyl (C=O) groups is 1. The summed E-state index contributed by atoms with van der Waals surface area (Å²) in [7, 11) is -3.14. The Morgan fingerprint density at radius 3 is 2.52 bits per heavy atom. The minimum atomic E-state index is -3.14. The van der Waals surface area contributed by atoms with Crippen LogP contribution in [0.1, 0.15) is 37.3 Å². The van der Waals surface area contributed by atoms with Gasteiger partial charge in [0.1, 0.15) is 0 Å². The lowest BCUT2D eigenvalue weighted by Crippen LogP contribution is -2.43. The predicted molar refractivity (Wildman–Crippen MR) is 91.4 cm³/mol. The molecule has 23 heavy (non-hydrogen) atoms. The van der Waals surface area contributed by atoms with E-state index in [-0.39, 0.29) is 17.6 Å². The molecule has 128 valence electrons. The summed E-state index contributed by atoms with van der Waals surface area (Å²) in [5.74, 6) is 0.129. The highest BCUT2D eigenvalue weighted by atomic mass is 32.2. The van der Waals surface area contributed by atoms with E-state index in [9.17, 15) is 13.2 Å². The van der Waals surface area contributed by atoms with Gasteiger partial charge in [-0.2, -0.15) is 0 Å². The molecule has 0 unspecified atom stereocenters. The fourth-order valence-electron chi connectivity index (χ4n) is 2.92. The fraction of sp³-hybridized carbons (Fsp3) is 0.588. The Hall–Kier alpha value is -1.40. The molecule has 0 aliphatic carbocycles. The molecule has 1 aromatic carbocycles. The molecule has 1 aliphatic heterocycles. The van der Waals surface area contributed by atoms with Crippen LogP contribution < -0.4 is 5.32 Å². The largest absolute Gasteiger partial charge is 0.352 e. The topological polar surface area (TPSA) is 66.5 Å². The van der Waals surface area contributed by atoms with Gasteiger partial charge in [-0.25, -0.2) is 12.7 Å². The van der Waals surface area contributed by atoms with Gasteiger partial charge in [0.05, 0.1) is 5.75 Å². The summed E-state index contributed by atoms with van der Waals surface area (Å²) in [6.07, 6.45) is 1.82. The highest BCUT2D eigenvalue weighted by Gasteiger charge is 2.30. The quantitative estimate of drug-likeness (QED) is 0.863. The van der Waals surface area contributed by atoms with Gasteiger partial charge in [0.25, 0.3) is 0 Å². The standard InChI is InChI=1S/C17H26N2O3S/c1-3-12-23(21,22)19-10-8-15(9-11-19)17(20)18-13-16-7-5-4-6-14(16)2/h4-7,15H,3,8-13H2,1-2H3,(H,18,20). The Kier molecular flexibility index (Phi) is 6.18. The molecular weight excluding hydrogens is 312 g/mol. The third-order valence-electron chi connectivity index (χ3n) is 4.39. The first kappa shape index (κ1) is 17.9. The van der Waals surface area contributed by atoms with Crippen LogP contribution in [-0.4, -0.2) is 37.5 Å². The Bertz CT molecular complexity index is 635. The van der Waals surface area contributed by atoms with Gasteiger partial charge in [-0.1, -0.05) is 31.2 Å². The van der Waals surface area contributed by atoms with E-state index in [1.54, 1.807) is 0 Å². The van der Waals surface area contributed by atoms with Gasteiger partial charge >= 0.3 is 0 Å². The molecule has 1 fully saturated rings. The van der Waals surface area contributed by atoms with Crippen molar-refractivity contribution in [3.05, 3.63) is 35.4 Å². The minimum absolute atomic E-state index is 0.0285. The number of hydrogen-bond acceptors (Lipinski definition) is 3. The molecular formula is C17H26N2O3S. The molecule has 1 aliphatic rings. The fourth-order valence-corrected chi connectivity index (χ4v) is 4.46. The second-order valence-electron chi connectivity index (χ2n) is 6.13. The lowest BCUT2D eigenvalue weighted by atomic mass is 9.97. The summed E-state index contributed by atoms with van der Waals surface area (Å²) in [6, 6.07) is 7.98. The average Bonchev–Trinajstić information content (AvgIpc) is 2.54. The van der Waals surface area contributed by atoms with Gasteiger partial charge in [0, 0.05) is 25.6 Å². The van der Waals surface area contributed by atoms with Crippen molar-refractivity contribution in [1.29, 1.82) is 0 Å². The van der Waals surface area contributed by atoms with Crippen LogP contribution in [0.2, 0.25) is 0 Å². The van der Waals surface area contributed by atoms with E-state index in [1.807, 2.05) is 38.1 Å². The maximum Gasteiger partial charge on any atom is 0.223 e. The van der Waals surface area contributed by atoms with E-state index < -0.39 is 10.0 Å². The summed E-state index contributed by atoms with van der Waals surface area (Å²) in [5, 5.41) is 2.98. The van der Waals surface area contributed by atoms with Crippen molar-refractivity contribution in [3.63, 3.8) is 0 Å². The van der Waals surface area contributed by atoms with E-state index >= 15 is 0 Å². The number of rotatable bonds is 6. The minimum Gasteiger partial charge on any atom is -0.352 e. The molecule has 0 atom stereocenters. The van der Waals surface area contributed by atoms with Crippen molar-refractivity contribution in [1.82, 2.24) is 9.62 Å². The summed E-state index contributed by atoms with van der Waals surface area (Å²) in [6.45, 7) is 5.32. The number of sulfonamides is 1. The van der Waals surface area contributed by atoms with Gasteiger partial charge in [-0.3, -0.25) is 4.79 Å². The molecule has 0 bridgehead atoms. The van der Waals surface area contributed by atoms with E-state index in [1.165, 1.54) is 4.31 Å². The monoisotopic (exact) mass is 338 g/mol. The number of amides is 1. The Labute approximate surface area is 139 Å². The molecule has 6 heteroatoms. The van der Waals surface area contributed by atoms with Gasteiger partial charge < -0.3 is 5.32 Å². The van der Waals surface area contributed by atoms with E-state index in [4.69, 9.17) is 0 Å². The number of benzene rings is 1. The molecule has 1 aromatic rings. The molecule has 1 heterocycles. The van der Waals surface area contributed by atoms with Crippen molar-refractivity contribution >= 4 is 15.9 Å². The zero-order valence-electron chi connectivity index (χ0n) is 13.9. The van der Waals surface area contributed by atoms with Gasteiger partial charge in [-0.05, 0) is 37.3 Å². The van der Waals surface area contributed by atoms with Crippen LogP contribution in [0, 0.1) is 12.8 Å². The molecule has 0 radical (unpaired) electrons. The van der Waals surface area contributed by atoms with E-state index in [2.05, 4.69) is 5.32 Å². The highest BCUT2D eigenvalue weighted by Crippen LogP contribution is 2.20. The van der Waals surface area contributed by atoms with Crippen molar-refractivity contribution in [2.45, 2.75) is 39.7 Å². The highest BCUT2D eigenvalue weighted by molar-refractivity contribution is 7.89. The SMILES string of the molecule is CCCS(=O)(=O)N1CCC(C(=O)NCc2ccccc2C)CC1. The molecule has 0 spiro atoms. The third kappa shape index (κ3) is 4.78. The number of hydrogen-bond donors (Lipinski definition) is 1. The summed E-state index contributed by atoms with van der Waals surface area (Å²) in [4.78, 5) is 12.3. The molecule has 1 N–H and O–H groups in total. The number of carbonyl (C=O) groups excluding carboxylic acids is 1. The summed E-state index contributed by atoms with van der Waals surface area (Å²) >= 11 is 0. The summed E-state index contributed by atoms with van der Waals surface area (Å²) in [5.41, 5.74) is 2.28. The van der Waals surface area contributed by atoms with Gasteiger partial charge in [0.2, 0.25) is 15.9 Å². The number of nitrogens with zero attached hydrogens (tertiary/aromatic N) is 1. The number of aryl methyl sites for hydroxylation is 1. The lowest BCUT2D eigenvalue weighted by molar-refractivity contribution is -0.126. The van der Waals surface area contributed by atoms with Crippen LogP contribution in [0.15, 0.2) is 24.3 Å². The maximum atomic E-state index is 12.3. The van der Waals surface area contributed by atoms with Gasteiger partial charge in [-0.15, -0.1) is 0 Å². The second kappa shape index (κ2) is 7.93. The van der Waals surface area contributed by atoms with Gasteiger partial charge in [0.15, 0.2) is 0 Å². The first-order valence-electron chi connectivity index (χ1n) is 8.24. The lowest BCUT2D eigenvalue weighted by Gasteiger charge is -2.30. The Morgan fingerprint density at radius 2 is 1.91 bits per heavy atom. The Balaban J connectivity index is 1.83. The smallest absolute Gasteiger partial charge is 0.223 e. The van der Waals surface area contributed by atoms with Crippen LogP contribution in [0.4, 0.5) is 0 Å². The predicted octanol–water partition coefficient (Wildman–Crippen LogP) is 2.06. The zero-order chi connectivity index (χ0) is 16.9. The molecule has 0 aromatic heterocycles. The molecule has 1 amide bonds. The number of nitrogens with one attached hydrogen (secondary N) is 1. The molecule has 1 saturated heterocycles. The normalized spacial score (nSPS) is 17.1. The first-order chi connectivity index (χ1) is 10.9. The molecule has 5 nitrogen and oxygen atoms in total. The van der Waals surface area contributed by atoms with E-state index in [0.717, 1.165) is 11.1 Å². The van der Waals surface area contributed by atoms with Crippen molar-refractivity contribution in [2.24, 2.45) is 5.92 Å². The number of piperidine rings is 1.